The molecule has 1 N–H and O–H groups in total. The highest BCUT2D eigenvalue weighted by atomic mass is 16.3. The first kappa shape index (κ1) is 11.7. The maximum Gasteiger partial charge on any atom is 0.0721 e. The smallest absolute Gasteiger partial charge is 0.0721 e. The van der Waals surface area contributed by atoms with Crippen molar-refractivity contribution in [3.05, 3.63) is 12.2 Å². The highest BCUT2D eigenvalue weighted by Gasteiger charge is 2.05. The molecule has 0 aliphatic carbocycles. The predicted octanol–water partition coefficient (Wildman–Crippen LogP) is 3.14. The van der Waals surface area contributed by atoms with E-state index in [2.05, 4.69) is 33.8 Å². The Bertz CT molecular complexity index is 130. The Hall–Kier alpha value is -0.300. The van der Waals surface area contributed by atoms with Crippen LogP contribution in [0.1, 0.15) is 47.0 Å². The van der Waals surface area contributed by atoms with Gasteiger partial charge in [-0.15, -0.1) is 0 Å². The molecule has 0 rings (SSSR count). The maximum absolute atomic E-state index is 9.46. The van der Waals surface area contributed by atoms with Gasteiger partial charge in [-0.2, -0.15) is 0 Å². The van der Waals surface area contributed by atoms with E-state index in [4.69, 9.17) is 0 Å². The molecule has 12 heavy (non-hydrogen) atoms. The van der Waals surface area contributed by atoms with E-state index in [0.29, 0.717) is 0 Å². The summed E-state index contributed by atoms with van der Waals surface area (Å²) in [6.45, 7) is 8.54. The van der Waals surface area contributed by atoms with E-state index < -0.39 is 0 Å². The van der Waals surface area contributed by atoms with E-state index in [0.717, 1.165) is 19.3 Å². The van der Waals surface area contributed by atoms with Gasteiger partial charge in [0, 0.05) is 0 Å². The normalized spacial score (nSPS) is 15.4. The summed E-state index contributed by atoms with van der Waals surface area (Å²) in [5.41, 5.74) is 0.188. The first-order valence-electron chi connectivity index (χ1n) is 4.83. The zero-order valence-electron chi connectivity index (χ0n) is 8.80. The van der Waals surface area contributed by atoms with Gasteiger partial charge < -0.3 is 5.11 Å². The molecule has 0 fully saturated rings. The quantitative estimate of drug-likeness (QED) is 0.643. The summed E-state index contributed by atoms with van der Waals surface area (Å²) in [7, 11) is 0. The minimum absolute atomic E-state index is 0.188. The number of rotatable bonds is 4. The van der Waals surface area contributed by atoms with Crippen molar-refractivity contribution in [2.24, 2.45) is 5.41 Å². The molecule has 0 heterocycles. The average Bonchev–Trinajstić information content (AvgIpc) is 1.95. The van der Waals surface area contributed by atoms with E-state index in [1.54, 1.807) is 0 Å². The van der Waals surface area contributed by atoms with Gasteiger partial charge in [0.1, 0.15) is 0 Å². The van der Waals surface area contributed by atoms with E-state index in [-0.39, 0.29) is 11.5 Å². The van der Waals surface area contributed by atoms with Gasteiger partial charge in [-0.25, -0.2) is 0 Å². The number of hydrogen-bond donors (Lipinski definition) is 1. The van der Waals surface area contributed by atoms with Crippen LogP contribution in [-0.2, 0) is 0 Å². The van der Waals surface area contributed by atoms with Gasteiger partial charge in [0.15, 0.2) is 0 Å². The largest absolute Gasteiger partial charge is 0.389 e. The third-order valence-corrected chi connectivity index (χ3v) is 1.67. The average molecular weight is 170 g/mol. The molecule has 72 valence electrons. The van der Waals surface area contributed by atoms with Gasteiger partial charge in [-0.3, -0.25) is 0 Å². The Morgan fingerprint density at radius 3 is 2.33 bits per heavy atom. The molecule has 0 aliphatic rings. The highest BCUT2D eigenvalue weighted by Crippen LogP contribution is 2.15. The topological polar surface area (TPSA) is 20.2 Å². The van der Waals surface area contributed by atoms with Crippen LogP contribution in [0.2, 0.25) is 0 Å². The number of allylic oxidation sites excluding steroid dienone is 1. The fraction of sp³-hybridized carbons (Fsp3) is 0.818. The molecular weight excluding hydrogens is 148 g/mol. The molecule has 0 saturated carbocycles. The van der Waals surface area contributed by atoms with Crippen molar-refractivity contribution in [2.75, 3.05) is 0 Å². The molecule has 1 nitrogen and oxygen atoms in total. The molecule has 0 aliphatic heterocycles. The van der Waals surface area contributed by atoms with Crippen molar-refractivity contribution in [2.45, 2.75) is 53.1 Å². The third kappa shape index (κ3) is 7.80. The van der Waals surface area contributed by atoms with E-state index in [1.165, 1.54) is 0 Å². The number of aliphatic hydroxyl groups excluding tert-OH is 1. The zero-order chi connectivity index (χ0) is 9.61. The van der Waals surface area contributed by atoms with Crippen LogP contribution in [0, 0.1) is 5.41 Å². The maximum atomic E-state index is 9.46. The van der Waals surface area contributed by atoms with Crippen molar-refractivity contribution in [3.63, 3.8) is 0 Å². The van der Waals surface area contributed by atoms with Crippen LogP contribution in [0.25, 0.3) is 0 Å². The fourth-order valence-electron chi connectivity index (χ4n) is 0.909. The SMILES string of the molecule is CCCCC(O)C=CC(C)(C)C. The van der Waals surface area contributed by atoms with Gasteiger partial charge in [-0.05, 0) is 11.8 Å². The Morgan fingerprint density at radius 1 is 1.33 bits per heavy atom. The van der Waals surface area contributed by atoms with Crippen molar-refractivity contribution in [1.82, 2.24) is 0 Å². The summed E-state index contributed by atoms with van der Waals surface area (Å²) >= 11 is 0. The lowest BCUT2D eigenvalue weighted by Crippen LogP contribution is -2.05. The van der Waals surface area contributed by atoms with Crippen LogP contribution in [0.4, 0.5) is 0 Å². The summed E-state index contributed by atoms with van der Waals surface area (Å²) in [5.74, 6) is 0. The summed E-state index contributed by atoms with van der Waals surface area (Å²) in [4.78, 5) is 0. The summed E-state index contributed by atoms with van der Waals surface area (Å²) in [6.07, 6.45) is 6.89. The lowest BCUT2D eigenvalue weighted by Gasteiger charge is -2.12. The highest BCUT2D eigenvalue weighted by molar-refractivity contribution is 4.96. The van der Waals surface area contributed by atoms with Crippen LogP contribution in [0.5, 0.6) is 0 Å². The summed E-state index contributed by atoms with van der Waals surface area (Å²) in [6, 6.07) is 0. The second-order valence-corrected chi connectivity index (χ2v) is 4.43. The van der Waals surface area contributed by atoms with Crippen LogP contribution in [-0.4, -0.2) is 11.2 Å². The predicted molar refractivity (Wildman–Crippen MR) is 54.1 cm³/mol. The molecule has 0 aromatic heterocycles. The summed E-state index contributed by atoms with van der Waals surface area (Å²) < 4.78 is 0. The van der Waals surface area contributed by atoms with Gasteiger partial charge in [0.05, 0.1) is 6.10 Å². The van der Waals surface area contributed by atoms with Crippen molar-refractivity contribution >= 4 is 0 Å². The molecule has 1 unspecified atom stereocenters. The Labute approximate surface area is 76.5 Å². The summed E-state index contributed by atoms with van der Waals surface area (Å²) in [5, 5.41) is 9.46. The molecule has 0 saturated heterocycles. The van der Waals surface area contributed by atoms with Crippen LogP contribution < -0.4 is 0 Å². The molecule has 0 bridgehead atoms. The molecule has 0 radical (unpaired) electrons. The molecule has 1 heteroatoms. The molecule has 0 amide bonds. The van der Waals surface area contributed by atoms with Gasteiger partial charge in [0.25, 0.3) is 0 Å². The van der Waals surface area contributed by atoms with Crippen LogP contribution in [0.15, 0.2) is 12.2 Å². The molecule has 0 aromatic rings. The fourth-order valence-corrected chi connectivity index (χ4v) is 0.909. The first-order valence-corrected chi connectivity index (χ1v) is 4.83. The van der Waals surface area contributed by atoms with Crippen LogP contribution >= 0.6 is 0 Å². The lowest BCUT2D eigenvalue weighted by atomic mass is 9.95. The molecule has 1 atom stereocenters. The van der Waals surface area contributed by atoms with Gasteiger partial charge >= 0.3 is 0 Å². The monoisotopic (exact) mass is 170 g/mol. The second-order valence-electron chi connectivity index (χ2n) is 4.43. The minimum atomic E-state index is -0.246. The lowest BCUT2D eigenvalue weighted by molar-refractivity contribution is 0.207. The minimum Gasteiger partial charge on any atom is -0.389 e. The van der Waals surface area contributed by atoms with Gasteiger partial charge in [-0.1, -0.05) is 52.7 Å². The Kier molecular flexibility index (Phi) is 5.23. The third-order valence-electron chi connectivity index (χ3n) is 1.67. The zero-order valence-corrected chi connectivity index (χ0v) is 8.80. The van der Waals surface area contributed by atoms with Crippen molar-refractivity contribution in [3.8, 4) is 0 Å². The number of aliphatic hydroxyl groups is 1. The molecular formula is C11H22O. The Balaban J connectivity index is 3.68. The standard InChI is InChI=1S/C11H22O/c1-5-6-7-10(12)8-9-11(2,3)4/h8-10,12H,5-7H2,1-4H3. The van der Waals surface area contributed by atoms with Crippen LogP contribution in [0.3, 0.4) is 0 Å². The van der Waals surface area contributed by atoms with Crippen molar-refractivity contribution < 1.29 is 5.11 Å². The van der Waals surface area contributed by atoms with Crippen molar-refractivity contribution in [1.29, 1.82) is 0 Å². The van der Waals surface area contributed by atoms with E-state index in [1.807, 2.05) is 6.08 Å². The second kappa shape index (κ2) is 5.36. The number of unbranched alkanes of at least 4 members (excludes halogenated alkanes) is 1. The van der Waals surface area contributed by atoms with E-state index in [9.17, 15) is 5.11 Å². The molecule has 0 spiro atoms. The molecule has 0 aromatic carbocycles. The number of hydrogen-bond acceptors (Lipinski definition) is 1. The first-order chi connectivity index (χ1) is 5.45. The van der Waals surface area contributed by atoms with E-state index >= 15 is 0 Å². The Morgan fingerprint density at radius 2 is 1.92 bits per heavy atom. The van der Waals surface area contributed by atoms with Gasteiger partial charge in [0.2, 0.25) is 0 Å².